The largest absolute Gasteiger partial charge is 0.574 e. The number of nitrogens with one attached hydrogen (secondary N) is 1. The topological polar surface area (TPSA) is 79.4 Å². The summed E-state index contributed by atoms with van der Waals surface area (Å²) < 4.78 is 39.2. The van der Waals surface area contributed by atoms with Gasteiger partial charge in [0.05, 0.1) is 6.42 Å². The number of halogens is 3. The summed E-state index contributed by atoms with van der Waals surface area (Å²) in [6.07, 6.45) is -5.53. The van der Waals surface area contributed by atoms with Gasteiger partial charge in [0.25, 0.3) is 0 Å². The first-order chi connectivity index (χ1) is 7.69. The molecule has 0 unspecified atom stereocenters. The van der Waals surface area contributed by atoms with Crippen LogP contribution in [0.2, 0.25) is 0 Å². The summed E-state index contributed by atoms with van der Waals surface area (Å²) in [5.74, 6) is -2.10. The summed E-state index contributed by atoms with van der Waals surface area (Å²) in [6.45, 7) is 1.31. The molecule has 0 bridgehead atoms. The molecule has 0 aliphatic carbocycles. The molecule has 2 N–H and O–H groups in total. The normalized spacial score (nSPS) is 11.3. The Morgan fingerprint density at radius 3 is 2.59 bits per heavy atom. The molecule has 0 spiro atoms. The molecule has 1 heterocycles. The highest BCUT2D eigenvalue weighted by Crippen LogP contribution is 2.20. The van der Waals surface area contributed by atoms with Crippen molar-refractivity contribution < 1.29 is 27.8 Å². The van der Waals surface area contributed by atoms with Crippen molar-refractivity contribution in [1.82, 2.24) is 4.98 Å². The van der Waals surface area contributed by atoms with Crippen LogP contribution in [-0.4, -0.2) is 22.4 Å². The standard InChI is InChI=1S/C9H8F3NO4/c1-4-5(2-8(15)16)13-7(3-6(4)14)17-9(10,11)12/h3H,2H2,1H3,(H,13,14)(H,15,16). The zero-order valence-corrected chi connectivity index (χ0v) is 8.59. The van der Waals surface area contributed by atoms with Crippen LogP contribution in [0.25, 0.3) is 0 Å². The van der Waals surface area contributed by atoms with E-state index in [-0.39, 0.29) is 11.3 Å². The molecule has 8 heteroatoms. The van der Waals surface area contributed by atoms with Gasteiger partial charge in [0, 0.05) is 17.3 Å². The van der Waals surface area contributed by atoms with E-state index in [0.717, 1.165) is 0 Å². The number of aromatic nitrogens is 1. The van der Waals surface area contributed by atoms with Crippen molar-refractivity contribution in [2.45, 2.75) is 19.7 Å². The lowest BCUT2D eigenvalue weighted by molar-refractivity contribution is -0.276. The zero-order chi connectivity index (χ0) is 13.2. The number of ether oxygens (including phenoxy) is 1. The Hall–Kier alpha value is -1.99. The fourth-order valence-corrected chi connectivity index (χ4v) is 1.16. The number of carboxylic acids is 1. The van der Waals surface area contributed by atoms with Crippen LogP contribution in [0.4, 0.5) is 13.2 Å². The van der Waals surface area contributed by atoms with E-state index in [1.165, 1.54) is 6.92 Å². The zero-order valence-electron chi connectivity index (χ0n) is 8.59. The number of hydrogen-bond acceptors (Lipinski definition) is 3. The number of H-pyrrole nitrogens is 1. The van der Waals surface area contributed by atoms with Gasteiger partial charge < -0.3 is 14.8 Å². The fraction of sp³-hybridized carbons (Fsp3) is 0.333. The van der Waals surface area contributed by atoms with E-state index in [1.807, 2.05) is 0 Å². The van der Waals surface area contributed by atoms with Gasteiger partial charge in [-0.3, -0.25) is 9.59 Å². The summed E-state index contributed by atoms with van der Waals surface area (Å²) in [7, 11) is 0. The van der Waals surface area contributed by atoms with Crippen LogP contribution in [0.1, 0.15) is 11.3 Å². The molecular formula is C9H8F3NO4. The maximum absolute atomic E-state index is 11.9. The molecule has 0 atom stereocenters. The number of hydrogen-bond donors (Lipinski definition) is 2. The van der Waals surface area contributed by atoms with Crippen molar-refractivity contribution in [2.75, 3.05) is 0 Å². The lowest BCUT2D eigenvalue weighted by Gasteiger charge is -2.10. The van der Waals surface area contributed by atoms with E-state index in [2.05, 4.69) is 9.72 Å². The van der Waals surface area contributed by atoms with Gasteiger partial charge in [-0.25, -0.2) is 0 Å². The number of carbonyl (C=O) groups is 1. The first-order valence-electron chi connectivity index (χ1n) is 4.39. The third kappa shape index (κ3) is 3.82. The van der Waals surface area contributed by atoms with Crippen molar-refractivity contribution in [2.24, 2.45) is 0 Å². The number of alkyl halides is 3. The molecule has 94 valence electrons. The number of pyridine rings is 1. The highest BCUT2D eigenvalue weighted by Gasteiger charge is 2.32. The number of aromatic amines is 1. The van der Waals surface area contributed by atoms with Crippen LogP contribution in [0.15, 0.2) is 10.9 Å². The maximum atomic E-state index is 11.9. The van der Waals surface area contributed by atoms with Gasteiger partial charge in [-0.05, 0) is 6.92 Å². The molecule has 5 nitrogen and oxygen atoms in total. The monoisotopic (exact) mass is 251 g/mol. The van der Waals surface area contributed by atoms with Crippen molar-refractivity contribution in [3.8, 4) is 5.88 Å². The minimum Gasteiger partial charge on any atom is -0.481 e. The van der Waals surface area contributed by atoms with Crippen LogP contribution in [0, 0.1) is 6.92 Å². The number of carboxylic acid groups (broad SMARTS) is 1. The third-order valence-electron chi connectivity index (χ3n) is 1.91. The SMILES string of the molecule is Cc1c(CC(=O)O)[nH]c(OC(F)(F)F)cc1=O. The van der Waals surface area contributed by atoms with Gasteiger partial charge in [0.2, 0.25) is 5.88 Å². The van der Waals surface area contributed by atoms with Crippen molar-refractivity contribution in [1.29, 1.82) is 0 Å². The highest BCUT2D eigenvalue weighted by atomic mass is 19.4. The fourth-order valence-electron chi connectivity index (χ4n) is 1.16. The van der Waals surface area contributed by atoms with Crippen LogP contribution in [0.3, 0.4) is 0 Å². The average Bonchev–Trinajstić information content (AvgIpc) is 2.09. The van der Waals surface area contributed by atoms with Crippen molar-refractivity contribution >= 4 is 5.97 Å². The minimum absolute atomic E-state index is 0.0434. The molecule has 1 rings (SSSR count). The van der Waals surface area contributed by atoms with Gasteiger partial charge in [-0.15, -0.1) is 13.2 Å². The molecule has 0 saturated heterocycles. The minimum atomic E-state index is -4.95. The average molecular weight is 251 g/mol. The van der Waals surface area contributed by atoms with Crippen LogP contribution in [-0.2, 0) is 11.2 Å². The molecule has 0 fully saturated rings. The Morgan fingerprint density at radius 1 is 1.53 bits per heavy atom. The van der Waals surface area contributed by atoms with Crippen LogP contribution >= 0.6 is 0 Å². The predicted molar refractivity (Wildman–Crippen MR) is 49.8 cm³/mol. The van der Waals surface area contributed by atoms with Crippen molar-refractivity contribution in [3.63, 3.8) is 0 Å². The van der Waals surface area contributed by atoms with Gasteiger partial charge >= 0.3 is 12.3 Å². The van der Waals surface area contributed by atoms with Crippen LogP contribution in [0.5, 0.6) is 5.88 Å². The molecule has 0 aliphatic rings. The maximum Gasteiger partial charge on any atom is 0.574 e. The van der Waals surface area contributed by atoms with Gasteiger partial charge in [0.15, 0.2) is 5.43 Å². The molecule has 0 saturated carbocycles. The van der Waals surface area contributed by atoms with Crippen molar-refractivity contribution in [3.05, 3.63) is 27.5 Å². The molecule has 0 amide bonds. The van der Waals surface area contributed by atoms with E-state index in [1.54, 1.807) is 0 Å². The first kappa shape index (κ1) is 13.1. The summed E-state index contributed by atoms with van der Waals surface area (Å²) >= 11 is 0. The third-order valence-corrected chi connectivity index (χ3v) is 1.91. The predicted octanol–water partition coefficient (Wildman–Crippen LogP) is 1.21. The smallest absolute Gasteiger partial charge is 0.481 e. The van der Waals surface area contributed by atoms with Gasteiger partial charge in [0.1, 0.15) is 0 Å². The summed E-state index contributed by atoms with van der Waals surface area (Å²) in [5.41, 5.74) is -0.801. The lowest BCUT2D eigenvalue weighted by atomic mass is 10.1. The quantitative estimate of drug-likeness (QED) is 0.846. The molecule has 17 heavy (non-hydrogen) atoms. The Labute approximate surface area is 92.8 Å². The summed E-state index contributed by atoms with van der Waals surface area (Å²) in [5, 5.41) is 8.52. The lowest BCUT2D eigenvalue weighted by Crippen LogP contribution is -2.21. The summed E-state index contributed by atoms with van der Waals surface area (Å²) in [4.78, 5) is 23.8. The molecule has 1 aromatic rings. The molecule has 0 aromatic carbocycles. The first-order valence-corrected chi connectivity index (χ1v) is 4.39. The van der Waals surface area contributed by atoms with E-state index in [0.29, 0.717) is 6.07 Å². The molecule has 0 aliphatic heterocycles. The second kappa shape index (κ2) is 4.48. The Balaban J connectivity index is 3.14. The number of aliphatic carboxylic acids is 1. The Kier molecular flexibility index (Phi) is 3.45. The van der Waals surface area contributed by atoms with Crippen LogP contribution < -0.4 is 10.2 Å². The van der Waals surface area contributed by atoms with E-state index in [4.69, 9.17) is 5.11 Å². The summed E-state index contributed by atoms with van der Waals surface area (Å²) in [6, 6.07) is 0.619. The Morgan fingerprint density at radius 2 is 2.12 bits per heavy atom. The van der Waals surface area contributed by atoms with E-state index < -0.39 is 30.1 Å². The van der Waals surface area contributed by atoms with E-state index >= 15 is 0 Å². The van der Waals surface area contributed by atoms with Gasteiger partial charge in [-0.1, -0.05) is 0 Å². The molecular weight excluding hydrogens is 243 g/mol. The van der Waals surface area contributed by atoms with E-state index in [9.17, 15) is 22.8 Å². The second-order valence-corrected chi connectivity index (χ2v) is 3.22. The highest BCUT2D eigenvalue weighted by molar-refractivity contribution is 5.70. The molecule has 1 aromatic heterocycles. The number of rotatable bonds is 3. The second-order valence-electron chi connectivity index (χ2n) is 3.22. The van der Waals surface area contributed by atoms with Gasteiger partial charge in [-0.2, -0.15) is 0 Å². The molecule has 0 radical (unpaired) electrons. The Bertz CT molecular complexity index is 492.